The second-order valence-corrected chi connectivity index (χ2v) is 2.51. The van der Waals surface area contributed by atoms with Crippen LogP contribution in [0.25, 0.3) is 0 Å². The number of nitrogens with zero attached hydrogens (tertiary/aromatic N) is 1. The SMILES string of the molecule is Nc1ccccc1CC[N+](=O)[O-]. The summed E-state index contributed by atoms with van der Waals surface area (Å²) in [7, 11) is 0. The Morgan fingerprint density at radius 3 is 2.67 bits per heavy atom. The van der Waals surface area contributed by atoms with Crippen LogP contribution in [0, 0.1) is 10.1 Å². The quantitative estimate of drug-likeness (QED) is 0.415. The van der Waals surface area contributed by atoms with Crippen molar-refractivity contribution in [2.75, 3.05) is 12.3 Å². The number of para-hydroxylation sites is 1. The molecule has 0 aliphatic carbocycles. The maximum atomic E-state index is 10.0. The Kier molecular flexibility index (Phi) is 2.63. The van der Waals surface area contributed by atoms with Crippen molar-refractivity contribution in [1.29, 1.82) is 0 Å². The zero-order valence-corrected chi connectivity index (χ0v) is 6.56. The molecule has 1 aromatic rings. The van der Waals surface area contributed by atoms with Gasteiger partial charge in [0.25, 0.3) is 0 Å². The lowest BCUT2D eigenvalue weighted by molar-refractivity contribution is -0.479. The van der Waals surface area contributed by atoms with Crippen molar-refractivity contribution in [3.63, 3.8) is 0 Å². The average Bonchev–Trinajstić information content (AvgIpc) is 2.03. The summed E-state index contributed by atoms with van der Waals surface area (Å²) in [6.45, 7) is -0.0613. The van der Waals surface area contributed by atoms with Gasteiger partial charge in [-0.2, -0.15) is 0 Å². The number of nitro groups is 1. The summed E-state index contributed by atoms with van der Waals surface area (Å²) in [5.41, 5.74) is 7.05. The van der Waals surface area contributed by atoms with Gasteiger partial charge in [0.05, 0.1) is 0 Å². The molecule has 0 saturated carbocycles. The van der Waals surface area contributed by atoms with Gasteiger partial charge >= 0.3 is 0 Å². The lowest BCUT2D eigenvalue weighted by atomic mass is 10.1. The van der Waals surface area contributed by atoms with Gasteiger partial charge in [0.15, 0.2) is 0 Å². The summed E-state index contributed by atoms with van der Waals surface area (Å²) in [4.78, 5) is 9.71. The molecule has 0 fully saturated rings. The first-order valence-corrected chi connectivity index (χ1v) is 3.65. The molecule has 0 bridgehead atoms. The van der Waals surface area contributed by atoms with Gasteiger partial charge in [-0.25, -0.2) is 0 Å². The largest absolute Gasteiger partial charge is 0.399 e. The Balaban J connectivity index is 2.63. The highest BCUT2D eigenvalue weighted by Gasteiger charge is 2.01. The van der Waals surface area contributed by atoms with E-state index in [0.29, 0.717) is 12.1 Å². The lowest BCUT2D eigenvalue weighted by Gasteiger charge is -2.00. The lowest BCUT2D eigenvalue weighted by Crippen LogP contribution is -2.05. The zero-order valence-electron chi connectivity index (χ0n) is 6.56. The van der Waals surface area contributed by atoms with Gasteiger partial charge in [-0.1, -0.05) is 18.2 Å². The maximum absolute atomic E-state index is 10.0. The van der Waals surface area contributed by atoms with Crippen molar-refractivity contribution < 1.29 is 4.92 Å². The first-order chi connectivity index (χ1) is 5.70. The van der Waals surface area contributed by atoms with Crippen LogP contribution in [0.1, 0.15) is 5.56 Å². The normalized spacial score (nSPS) is 9.67. The molecule has 0 atom stereocenters. The smallest absolute Gasteiger partial charge is 0.207 e. The summed E-state index contributed by atoms with van der Waals surface area (Å²) in [6.07, 6.45) is 0.402. The summed E-state index contributed by atoms with van der Waals surface area (Å²) < 4.78 is 0. The Bertz CT molecular complexity index is 286. The minimum atomic E-state index is -0.341. The van der Waals surface area contributed by atoms with Crippen molar-refractivity contribution in [1.82, 2.24) is 0 Å². The van der Waals surface area contributed by atoms with E-state index in [9.17, 15) is 10.1 Å². The van der Waals surface area contributed by atoms with Gasteiger partial charge in [0.2, 0.25) is 6.54 Å². The van der Waals surface area contributed by atoms with E-state index in [4.69, 9.17) is 5.73 Å². The minimum absolute atomic E-state index is 0.0613. The van der Waals surface area contributed by atoms with E-state index in [-0.39, 0.29) is 11.5 Å². The average molecular weight is 166 g/mol. The fraction of sp³-hybridized carbons (Fsp3) is 0.250. The van der Waals surface area contributed by atoms with Crippen LogP contribution in [0.5, 0.6) is 0 Å². The third kappa shape index (κ3) is 2.23. The second-order valence-electron chi connectivity index (χ2n) is 2.51. The minimum Gasteiger partial charge on any atom is -0.399 e. The van der Waals surface area contributed by atoms with Crippen LogP contribution in [-0.4, -0.2) is 11.5 Å². The van der Waals surface area contributed by atoms with E-state index < -0.39 is 0 Å². The number of nitrogens with two attached hydrogens (primary N) is 1. The van der Waals surface area contributed by atoms with Crippen molar-refractivity contribution in [2.45, 2.75) is 6.42 Å². The third-order valence-corrected chi connectivity index (χ3v) is 1.62. The van der Waals surface area contributed by atoms with E-state index in [2.05, 4.69) is 0 Å². The van der Waals surface area contributed by atoms with Crippen molar-refractivity contribution in [3.8, 4) is 0 Å². The first-order valence-electron chi connectivity index (χ1n) is 3.65. The molecule has 1 rings (SSSR count). The molecule has 12 heavy (non-hydrogen) atoms. The number of rotatable bonds is 3. The fourth-order valence-electron chi connectivity index (χ4n) is 0.974. The number of anilines is 1. The zero-order chi connectivity index (χ0) is 8.97. The fourth-order valence-corrected chi connectivity index (χ4v) is 0.974. The number of hydrogen-bond acceptors (Lipinski definition) is 3. The third-order valence-electron chi connectivity index (χ3n) is 1.62. The van der Waals surface area contributed by atoms with E-state index in [1.54, 1.807) is 12.1 Å². The first kappa shape index (κ1) is 8.52. The Morgan fingerprint density at radius 1 is 1.42 bits per heavy atom. The predicted molar refractivity (Wildman–Crippen MR) is 46.4 cm³/mol. The molecule has 4 nitrogen and oxygen atoms in total. The summed E-state index contributed by atoms with van der Waals surface area (Å²) >= 11 is 0. The molecule has 0 aliphatic rings. The molecule has 64 valence electrons. The maximum Gasteiger partial charge on any atom is 0.207 e. The highest BCUT2D eigenvalue weighted by molar-refractivity contribution is 5.46. The topological polar surface area (TPSA) is 69.2 Å². The Morgan fingerprint density at radius 2 is 2.08 bits per heavy atom. The molecular formula is C8H10N2O2. The Labute approximate surface area is 70.2 Å². The van der Waals surface area contributed by atoms with E-state index in [1.165, 1.54) is 0 Å². The van der Waals surface area contributed by atoms with Crippen LogP contribution in [0.2, 0.25) is 0 Å². The molecule has 0 amide bonds. The highest BCUT2D eigenvalue weighted by Crippen LogP contribution is 2.10. The van der Waals surface area contributed by atoms with Gasteiger partial charge in [-0.05, 0) is 11.6 Å². The van der Waals surface area contributed by atoms with Crippen LogP contribution < -0.4 is 5.73 Å². The molecule has 0 spiro atoms. The van der Waals surface area contributed by atoms with Crippen LogP contribution in [0.4, 0.5) is 5.69 Å². The molecule has 0 unspecified atom stereocenters. The van der Waals surface area contributed by atoms with Gasteiger partial charge in [-0.15, -0.1) is 0 Å². The van der Waals surface area contributed by atoms with Gasteiger partial charge in [-0.3, -0.25) is 10.1 Å². The van der Waals surface area contributed by atoms with Crippen LogP contribution in [0.15, 0.2) is 24.3 Å². The van der Waals surface area contributed by atoms with E-state index >= 15 is 0 Å². The van der Waals surface area contributed by atoms with Crippen molar-refractivity contribution in [2.24, 2.45) is 0 Å². The van der Waals surface area contributed by atoms with E-state index in [0.717, 1.165) is 5.56 Å². The molecule has 0 heterocycles. The van der Waals surface area contributed by atoms with Gasteiger partial charge < -0.3 is 5.73 Å². The standard InChI is InChI=1S/C8H10N2O2/c9-8-4-2-1-3-7(8)5-6-10(11)12/h1-4H,5-6,9H2. The molecule has 0 aromatic heterocycles. The van der Waals surface area contributed by atoms with Crippen LogP contribution in [0.3, 0.4) is 0 Å². The Hall–Kier alpha value is -1.58. The molecule has 4 heteroatoms. The molecule has 0 saturated heterocycles. The highest BCUT2D eigenvalue weighted by atomic mass is 16.6. The monoisotopic (exact) mass is 166 g/mol. The van der Waals surface area contributed by atoms with Gasteiger partial charge in [0, 0.05) is 17.0 Å². The molecule has 0 aliphatic heterocycles. The number of nitrogen functional groups attached to an aromatic ring is 1. The molecule has 0 radical (unpaired) electrons. The van der Waals surface area contributed by atoms with E-state index in [1.807, 2.05) is 12.1 Å². The molecule has 1 aromatic carbocycles. The summed E-state index contributed by atoms with van der Waals surface area (Å²) in [6, 6.07) is 7.19. The summed E-state index contributed by atoms with van der Waals surface area (Å²) in [5.74, 6) is 0. The molecule has 2 N–H and O–H groups in total. The molecular weight excluding hydrogens is 156 g/mol. The van der Waals surface area contributed by atoms with Crippen molar-refractivity contribution >= 4 is 5.69 Å². The second kappa shape index (κ2) is 3.71. The number of benzene rings is 1. The summed E-state index contributed by atoms with van der Waals surface area (Å²) in [5, 5.41) is 10.0. The van der Waals surface area contributed by atoms with Crippen LogP contribution >= 0.6 is 0 Å². The van der Waals surface area contributed by atoms with Crippen molar-refractivity contribution in [3.05, 3.63) is 39.9 Å². The van der Waals surface area contributed by atoms with Gasteiger partial charge in [0.1, 0.15) is 0 Å². The van der Waals surface area contributed by atoms with Crippen LogP contribution in [-0.2, 0) is 6.42 Å². The predicted octanol–water partition coefficient (Wildman–Crippen LogP) is 1.09. The number of hydrogen-bond donors (Lipinski definition) is 1.